The van der Waals surface area contributed by atoms with E-state index < -0.39 is 0 Å². The van der Waals surface area contributed by atoms with Crippen LogP contribution in [0.15, 0.2) is 30.3 Å². The van der Waals surface area contributed by atoms with Crippen LogP contribution in [0.2, 0.25) is 0 Å². The second kappa shape index (κ2) is 6.51. The molecule has 3 N–H and O–H groups in total. The Morgan fingerprint density at radius 2 is 1.79 bits per heavy atom. The molecular formula is C16H27N3. The zero-order chi connectivity index (χ0) is 13.8. The van der Waals surface area contributed by atoms with Gasteiger partial charge in [0.15, 0.2) is 0 Å². The summed E-state index contributed by atoms with van der Waals surface area (Å²) in [5.74, 6) is 0.472. The van der Waals surface area contributed by atoms with Crippen molar-refractivity contribution in [2.75, 3.05) is 19.6 Å². The average Bonchev–Trinajstić information content (AvgIpc) is 2.37. The predicted octanol–water partition coefficient (Wildman–Crippen LogP) is 2.00. The van der Waals surface area contributed by atoms with Crippen LogP contribution in [0.3, 0.4) is 0 Å². The van der Waals surface area contributed by atoms with Crippen molar-refractivity contribution >= 4 is 0 Å². The number of nitrogens with zero attached hydrogens (tertiary/aromatic N) is 1. The fourth-order valence-corrected chi connectivity index (χ4v) is 3.11. The van der Waals surface area contributed by atoms with Crippen molar-refractivity contribution in [3.63, 3.8) is 0 Å². The summed E-state index contributed by atoms with van der Waals surface area (Å²) >= 11 is 0. The summed E-state index contributed by atoms with van der Waals surface area (Å²) in [5.41, 5.74) is 7.62. The van der Waals surface area contributed by atoms with Crippen LogP contribution in [0.25, 0.3) is 0 Å². The highest BCUT2D eigenvalue weighted by Crippen LogP contribution is 2.20. The first-order chi connectivity index (χ1) is 9.06. The van der Waals surface area contributed by atoms with E-state index in [2.05, 4.69) is 55.3 Å². The summed E-state index contributed by atoms with van der Waals surface area (Å²) < 4.78 is 0. The molecule has 1 aromatic rings. The summed E-state index contributed by atoms with van der Waals surface area (Å²) in [6, 6.07) is 11.7. The van der Waals surface area contributed by atoms with Crippen LogP contribution in [-0.2, 0) is 0 Å². The maximum atomic E-state index is 6.38. The Hall–Kier alpha value is -0.900. The number of nitrogens with one attached hydrogen (secondary N) is 1. The van der Waals surface area contributed by atoms with Crippen LogP contribution in [0.5, 0.6) is 0 Å². The lowest BCUT2D eigenvalue weighted by molar-refractivity contribution is 0.147. The molecule has 0 aliphatic carbocycles. The molecular weight excluding hydrogens is 234 g/mol. The summed E-state index contributed by atoms with van der Waals surface area (Å²) in [7, 11) is 0. The normalized spacial score (nSPS) is 28.0. The average molecular weight is 261 g/mol. The molecule has 2 rings (SSSR count). The first kappa shape index (κ1) is 14.5. The number of piperazine rings is 1. The topological polar surface area (TPSA) is 41.3 Å². The van der Waals surface area contributed by atoms with Crippen LogP contribution < -0.4 is 11.1 Å². The fraction of sp³-hybridized carbons (Fsp3) is 0.625. The lowest BCUT2D eigenvalue weighted by Crippen LogP contribution is -2.55. The summed E-state index contributed by atoms with van der Waals surface area (Å²) in [5, 5.41) is 3.57. The van der Waals surface area contributed by atoms with Gasteiger partial charge in [0.1, 0.15) is 0 Å². The minimum Gasteiger partial charge on any atom is -0.324 e. The molecule has 0 radical (unpaired) electrons. The van der Waals surface area contributed by atoms with Gasteiger partial charge in [0, 0.05) is 37.8 Å². The lowest BCUT2D eigenvalue weighted by Gasteiger charge is -2.38. The van der Waals surface area contributed by atoms with Crippen molar-refractivity contribution in [2.24, 2.45) is 11.7 Å². The highest BCUT2D eigenvalue weighted by molar-refractivity contribution is 5.19. The third-order valence-electron chi connectivity index (χ3n) is 3.98. The van der Waals surface area contributed by atoms with Gasteiger partial charge in [0.25, 0.3) is 0 Å². The van der Waals surface area contributed by atoms with E-state index in [0.29, 0.717) is 18.0 Å². The van der Waals surface area contributed by atoms with Crippen LogP contribution in [0, 0.1) is 5.92 Å². The Labute approximate surface area is 117 Å². The minimum absolute atomic E-state index is 0.127. The van der Waals surface area contributed by atoms with Crippen LogP contribution in [0.4, 0.5) is 0 Å². The van der Waals surface area contributed by atoms with Gasteiger partial charge >= 0.3 is 0 Å². The van der Waals surface area contributed by atoms with E-state index in [1.54, 1.807) is 0 Å². The molecule has 1 aromatic carbocycles. The SMILES string of the molecule is CC1CN(C[C@H](C)C(N)c2ccccc2)CC(C)N1. The molecule has 0 amide bonds. The Kier molecular flexibility index (Phi) is 4.97. The molecule has 3 unspecified atom stereocenters. The first-order valence-corrected chi connectivity index (χ1v) is 7.35. The lowest BCUT2D eigenvalue weighted by atomic mass is 9.94. The highest BCUT2D eigenvalue weighted by atomic mass is 15.2. The molecule has 106 valence electrons. The summed E-state index contributed by atoms with van der Waals surface area (Å²) in [6.07, 6.45) is 0. The molecule has 1 aliphatic heterocycles. The van der Waals surface area contributed by atoms with E-state index in [1.807, 2.05) is 6.07 Å². The van der Waals surface area contributed by atoms with Crippen LogP contribution in [-0.4, -0.2) is 36.6 Å². The largest absolute Gasteiger partial charge is 0.324 e. The van der Waals surface area contributed by atoms with E-state index in [0.717, 1.165) is 19.6 Å². The van der Waals surface area contributed by atoms with E-state index in [1.165, 1.54) is 5.56 Å². The Balaban J connectivity index is 1.91. The van der Waals surface area contributed by atoms with Gasteiger partial charge in [-0.1, -0.05) is 37.3 Å². The van der Waals surface area contributed by atoms with E-state index in [4.69, 9.17) is 5.73 Å². The highest BCUT2D eigenvalue weighted by Gasteiger charge is 2.24. The molecule has 0 bridgehead atoms. The summed E-state index contributed by atoms with van der Waals surface area (Å²) in [4.78, 5) is 2.54. The van der Waals surface area contributed by atoms with E-state index in [-0.39, 0.29) is 6.04 Å². The van der Waals surface area contributed by atoms with Crippen LogP contribution >= 0.6 is 0 Å². The molecule has 0 spiro atoms. The Bertz CT molecular complexity index is 369. The van der Waals surface area contributed by atoms with Crippen molar-refractivity contribution in [1.29, 1.82) is 0 Å². The summed E-state index contributed by atoms with van der Waals surface area (Å²) in [6.45, 7) is 10.1. The molecule has 19 heavy (non-hydrogen) atoms. The third-order valence-corrected chi connectivity index (χ3v) is 3.98. The third kappa shape index (κ3) is 4.03. The monoisotopic (exact) mass is 261 g/mol. The van der Waals surface area contributed by atoms with Gasteiger partial charge in [-0.25, -0.2) is 0 Å². The van der Waals surface area contributed by atoms with Crippen molar-refractivity contribution in [2.45, 2.75) is 38.9 Å². The van der Waals surface area contributed by atoms with Gasteiger partial charge in [-0.15, -0.1) is 0 Å². The van der Waals surface area contributed by atoms with E-state index >= 15 is 0 Å². The van der Waals surface area contributed by atoms with Gasteiger partial charge in [0.2, 0.25) is 0 Å². The Morgan fingerprint density at radius 1 is 1.21 bits per heavy atom. The smallest absolute Gasteiger partial charge is 0.0333 e. The van der Waals surface area contributed by atoms with Gasteiger partial charge < -0.3 is 11.1 Å². The second-order valence-electron chi connectivity index (χ2n) is 6.10. The van der Waals surface area contributed by atoms with E-state index in [9.17, 15) is 0 Å². The zero-order valence-corrected chi connectivity index (χ0v) is 12.3. The molecule has 0 saturated carbocycles. The number of benzene rings is 1. The fourth-order valence-electron chi connectivity index (χ4n) is 3.11. The number of hydrogen-bond donors (Lipinski definition) is 2. The number of nitrogens with two attached hydrogens (primary N) is 1. The minimum atomic E-state index is 0.127. The molecule has 3 heteroatoms. The molecule has 4 atom stereocenters. The first-order valence-electron chi connectivity index (χ1n) is 7.35. The molecule has 1 fully saturated rings. The molecule has 1 saturated heterocycles. The molecule has 3 nitrogen and oxygen atoms in total. The maximum Gasteiger partial charge on any atom is 0.0333 e. The maximum absolute atomic E-state index is 6.38. The van der Waals surface area contributed by atoms with Gasteiger partial charge in [-0.2, -0.15) is 0 Å². The standard InChI is InChI=1S/C16H27N3/c1-12(16(17)15-7-5-4-6-8-15)9-19-10-13(2)18-14(3)11-19/h4-8,12-14,16,18H,9-11,17H2,1-3H3/t12-,13?,14?,16?/m0/s1. The van der Waals surface area contributed by atoms with Crippen molar-refractivity contribution < 1.29 is 0 Å². The molecule has 1 heterocycles. The van der Waals surface area contributed by atoms with Crippen molar-refractivity contribution in [1.82, 2.24) is 10.2 Å². The van der Waals surface area contributed by atoms with Gasteiger partial charge in [0.05, 0.1) is 0 Å². The zero-order valence-electron chi connectivity index (χ0n) is 12.3. The quantitative estimate of drug-likeness (QED) is 0.871. The molecule has 0 aromatic heterocycles. The number of hydrogen-bond acceptors (Lipinski definition) is 3. The van der Waals surface area contributed by atoms with Gasteiger partial charge in [-0.05, 0) is 25.3 Å². The predicted molar refractivity (Wildman–Crippen MR) is 81.0 cm³/mol. The molecule has 1 aliphatic rings. The van der Waals surface area contributed by atoms with Crippen LogP contribution in [0.1, 0.15) is 32.4 Å². The second-order valence-corrected chi connectivity index (χ2v) is 6.10. The van der Waals surface area contributed by atoms with Crippen molar-refractivity contribution in [3.8, 4) is 0 Å². The Morgan fingerprint density at radius 3 is 2.37 bits per heavy atom. The van der Waals surface area contributed by atoms with Crippen molar-refractivity contribution in [3.05, 3.63) is 35.9 Å². The number of rotatable bonds is 4. The van der Waals surface area contributed by atoms with Gasteiger partial charge in [-0.3, -0.25) is 4.90 Å².